The Kier molecular flexibility index (Phi) is 3.43. The molecular formula is C27H28FN2O+. The SMILES string of the molecule is [2H]c1c(C([2H])([2H])C(C)(C)C)c(C([2H])([2H])[2H])c(C)[n+](C)c1-c1c(C)ccc2c1oc1c(C#N)c(F)ccc12. The maximum atomic E-state index is 14.4. The van der Waals surface area contributed by atoms with Gasteiger partial charge in [-0.15, -0.1) is 0 Å². The summed E-state index contributed by atoms with van der Waals surface area (Å²) in [6.07, 6.45) is -2.17. The van der Waals surface area contributed by atoms with Crippen LogP contribution >= 0.6 is 0 Å². The third-order valence-electron chi connectivity index (χ3n) is 5.51. The molecule has 2 aromatic carbocycles. The van der Waals surface area contributed by atoms with Crippen LogP contribution in [0.25, 0.3) is 33.2 Å². The second-order valence-electron chi connectivity index (χ2n) is 8.89. The minimum Gasteiger partial charge on any atom is -0.454 e. The van der Waals surface area contributed by atoms with Gasteiger partial charge in [0, 0.05) is 36.2 Å². The van der Waals surface area contributed by atoms with E-state index < -0.39 is 24.5 Å². The standard InChI is InChI=1S/C27H28FN2O/c1-15-8-9-20-19-10-11-22(28)21(14-29)25(19)31-26(20)24(15)23-12-18(13-27(4,5)6)16(2)17(3)30(23)7/h8-12H,13H2,1-7H3/q+1/i2D3,12D,13D2. The quantitative estimate of drug-likeness (QED) is 0.342. The number of nitrogens with zero attached hydrogens (tertiary/aromatic N) is 2. The van der Waals surface area contributed by atoms with Crippen LogP contribution in [0, 0.1) is 43.3 Å². The minimum atomic E-state index is -2.66. The highest BCUT2D eigenvalue weighted by Gasteiger charge is 2.26. The lowest BCUT2D eigenvalue weighted by Gasteiger charge is -2.20. The summed E-state index contributed by atoms with van der Waals surface area (Å²) >= 11 is 0. The van der Waals surface area contributed by atoms with Crippen molar-refractivity contribution in [1.82, 2.24) is 0 Å². The van der Waals surface area contributed by atoms with Gasteiger partial charge in [-0.25, -0.2) is 4.39 Å². The fourth-order valence-corrected chi connectivity index (χ4v) is 3.86. The monoisotopic (exact) mass is 421 g/mol. The Bertz CT molecular complexity index is 1640. The predicted octanol–water partition coefficient (Wildman–Crippen LogP) is 6.60. The van der Waals surface area contributed by atoms with Gasteiger partial charge in [-0.2, -0.15) is 9.83 Å². The summed E-state index contributed by atoms with van der Waals surface area (Å²) in [6.45, 7) is 5.74. The molecule has 0 radical (unpaired) electrons. The lowest BCUT2D eigenvalue weighted by molar-refractivity contribution is -0.667. The van der Waals surface area contributed by atoms with Crippen LogP contribution < -0.4 is 4.57 Å². The van der Waals surface area contributed by atoms with Crippen LogP contribution in [0.5, 0.6) is 0 Å². The first-order valence-corrected chi connectivity index (χ1v) is 10.0. The molecule has 4 heteroatoms. The molecule has 0 saturated heterocycles. The topological polar surface area (TPSA) is 40.8 Å². The van der Waals surface area contributed by atoms with Gasteiger partial charge < -0.3 is 4.42 Å². The number of rotatable bonds is 2. The van der Waals surface area contributed by atoms with E-state index in [0.717, 1.165) is 0 Å². The van der Waals surface area contributed by atoms with E-state index in [-0.39, 0.29) is 34.0 Å². The van der Waals surface area contributed by atoms with Gasteiger partial charge in [0.1, 0.15) is 30.1 Å². The highest BCUT2D eigenvalue weighted by Crippen LogP contribution is 2.39. The molecule has 2 aromatic heterocycles. The summed E-state index contributed by atoms with van der Waals surface area (Å²) in [7, 11) is 1.63. The molecule has 0 aliphatic heterocycles. The van der Waals surface area contributed by atoms with Gasteiger partial charge in [0.2, 0.25) is 5.69 Å². The number of aryl methyl sites for hydroxylation is 1. The van der Waals surface area contributed by atoms with Crippen molar-refractivity contribution < 1.29 is 21.6 Å². The van der Waals surface area contributed by atoms with Crippen molar-refractivity contribution in [2.75, 3.05) is 0 Å². The van der Waals surface area contributed by atoms with Gasteiger partial charge in [-0.3, -0.25) is 0 Å². The molecular weight excluding hydrogens is 387 g/mol. The normalized spacial score (nSPS) is 15.7. The zero-order valence-corrected chi connectivity index (χ0v) is 18.5. The summed E-state index contributed by atoms with van der Waals surface area (Å²) in [5.41, 5.74) is 0.477. The second kappa shape index (κ2) is 7.20. The average molecular weight is 422 g/mol. The number of hydrogen-bond acceptors (Lipinski definition) is 2. The Morgan fingerprint density at radius 2 is 1.87 bits per heavy atom. The number of pyridine rings is 1. The zero-order chi connectivity index (χ0) is 27.8. The maximum absolute atomic E-state index is 14.4. The number of fused-ring (bicyclic) bond motifs is 3. The third kappa shape index (κ3) is 3.39. The molecule has 0 atom stereocenters. The van der Waals surface area contributed by atoms with E-state index in [1.165, 1.54) is 12.1 Å². The van der Waals surface area contributed by atoms with Crippen molar-refractivity contribution >= 4 is 21.9 Å². The predicted molar refractivity (Wildman–Crippen MR) is 122 cm³/mol. The number of furan rings is 1. The van der Waals surface area contributed by atoms with Gasteiger partial charge in [-0.05, 0) is 48.8 Å². The molecule has 3 nitrogen and oxygen atoms in total. The van der Waals surface area contributed by atoms with Crippen molar-refractivity contribution in [2.24, 2.45) is 12.5 Å². The molecule has 0 amide bonds. The summed E-state index contributed by atoms with van der Waals surface area (Å²) in [4.78, 5) is 0. The van der Waals surface area contributed by atoms with Gasteiger partial charge >= 0.3 is 0 Å². The number of halogens is 1. The molecule has 31 heavy (non-hydrogen) atoms. The molecule has 158 valence electrons. The minimum absolute atomic E-state index is 0.0830. The van der Waals surface area contributed by atoms with Crippen molar-refractivity contribution in [3.63, 3.8) is 0 Å². The molecule has 0 bridgehead atoms. The molecule has 0 aliphatic rings. The van der Waals surface area contributed by atoms with E-state index in [9.17, 15) is 11.0 Å². The van der Waals surface area contributed by atoms with Crippen molar-refractivity contribution in [3.05, 3.63) is 64.1 Å². The van der Waals surface area contributed by atoms with Crippen molar-refractivity contribution in [3.8, 4) is 17.3 Å². The Hall–Kier alpha value is -3.19. The van der Waals surface area contributed by atoms with E-state index in [1.54, 1.807) is 52.3 Å². The molecule has 0 aliphatic carbocycles. The summed E-state index contributed by atoms with van der Waals surface area (Å²) < 4.78 is 73.8. The van der Waals surface area contributed by atoms with Crippen LogP contribution in [0.4, 0.5) is 4.39 Å². The van der Waals surface area contributed by atoms with E-state index >= 15 is 0 Å². The molecule has 4 aromatic rings. The van der Waals surface area contributed by atoms with Crippen molar-refractivity contribution in [2.45, 2.75) is 47.8 Å². The molecule has 0 N–H and O–H groups in total. The number of hydrogen-bond donors (Lipinski definition) is 0. The molecule has 2 heterocycles. The van der Waals surface area contributed by atoms with Crippen LogP contribution in [-0.4, -0.2) is 0 Å². The van der Waals surface area contributed by atoms with Gasteiger partial charge in [0.15, 0.2) is 11.3 Å². The average Bonchev–Trinajstić information content (AvgIpc) is 3.14. The Balaban J connectivity index is 2.26. The van der Waals surface area contributed by atoms with Crippen LogP contribution in [0.2, 0.25) is 0 Å². The van der Waals surface area contributed by atoms with E-state index in [4.69, 9.17) is 11.3 Å². The number of nitriles is 1. The number of aromatic nitrogens is 1. The molecule has 0 unspecified atom stereocenters. The fraction of sp³-hybridized carbons (Fsp3) is 0.333. The Morgan fingerprint density at radius 1 is 1.19 bits per heavy atom. The molecule has 0 spiro atoms. The maximum Gasteiger partial charge on any atom is 0.216 e. The first-order valence-electron chi connectivity index (χ1n) is 13.0. The zero-order valence-electron chi connectivity index (χ0n) is 24.5. The van der Waals surface area contributed by atoms with E-state index in [2.05, 4.69) is 0 Å². The van der Waals surface area contributed by atoms with Gasteiger partial charge in [0.25, 0.3) is 0 Å². The van der Waals surface area contributed by atoms with E-state index in [0.29, 0.717) is 33.2 Å². The van der Waals surface area contributed by atoms with Crippen LogP contribution in [0.15, 0.2) is 34.7 Å². The smallest absolute Gasteiger partial charge is 0.216 e. The Labute approximate surface area is 191 Å². The molecule has 0 fully saturated rings. The van der Waals surface area contributed by atoms with Crippen molar-refractivity contribution in [1.29, 1.82) is 5.26 Å². The van der Waals surface area contributed by atoms with Gasteiger partial charge in [0.05, 0.1) is 6.93 Å². The molecule has 0 saturated carbocycles. The summed E-state index contributed by atoms with van der Waals surface area (Å²) in [5.74, 6) is -0.711. The first kappa shape index (κ1) is 14.8. The summed E-state index contributed by atoms with van der Waals surface area (Å²) in [5, 5.41) is 10.7. The highest BCUT2D eigenvalue weighted by atomic mass is 19.1. The third-order valence-corrected chi connectivity index (χ3v) is 5.51. The lowest BCUT2D eigenvalue weighted by Crippen LogP contribution is -2.36. The van der Waals surface area contributed by atoms with Crippen LogP contribution in [0.1, 0.15) is 56.9 Å². The number of benzene rings is 2. The van der Waals surface area contributed by atoms with E-state index in [1.807, 2.05) is 12.1 Å². The van der Waals surface area contributed by atoms with Crippen LogP contribution in [-0.2, 0) is 13.4 Å². The first-order chi connectivity index (χ1) is 16.9. The second-order valence-corrected chi connectivity index (χ2v) is 8.89. The van der Waals surface area contributed by atoms with Crippen LogP contribution in [0.3, 0.4) is 0 Å². The fourth-order valence-electron chi connectivity index (χ4n) is 3.86. The largest absolute Gasteiger partial charge is 0.454 e. The molecule has 4 rings (SSSR count). The van der Waals surface area contributed by atoms with Gasteiger partial charge in [-0.1, -0.05) is 32.9 Å². The lowest BCUT2D eigenvalue weighted by atomic mass is 9.85. The Morgan fingerprint density at radius 3 is 2.52 bits per heavy atom. The summed E-state index contributed by atoms with van der Waals surface area (Å²) in [6, 6.07) is 7.93. The highest BCUT2D eigenvalue weighted by molar-refractivity contribution is 6.11.